The number of hydrogen-bond acceptors (Lipinski definition) is 5. The molecule has 0 amide bonds. The summed E-state index contributed by atoms with van der Waals surface area (Å²) in [6, 6.07) is 6.10. The van der Waals surface area contributed by atoms with E-state index in [0.717, 1.165) is 31.0 Å². The minimum absolute atomic E-state index is 0.137. The van der Waals surface area contributed by atoms with Gasteiger partial charge in [-0.1, -0.05) is 0 Å². The minimum Gasteiger partial charge on any atom is -0.495 e. The maximum Gasteiger partial charge on any atom is 0.416 e. The first kappa shape index (κ1) is 21.8. The minimum atomic E-state index is -4.66. The Balaban J connectivity index is 2.09. The van der Waals surface area contributed by atoms with Gasteiger partial charge in [-0.05, 0) is 49.2 Å². The Hall–Kier alpha value is -2.95. The number of benzene rings is 2. The van der Waals surface area contributed by atoms with Crippen LogP contribution in [0.5, 0.6) is 5.75 Å². The standard InChI is InChI=1S/C19H19F3N2O5S/c1-29-16-7-4-12(18(25)26)10-17(16)30(27,28)23-14-11-13(19(20,21)22)5-6-15(14)24-8-2-3-9-24/h4-7,10-11,23H,2-3,8-9H2,1H3,(H,25,26). The average Bonchev–Trinajstić information content (AvgIpc) is 3.20. The summed E-state index contributed by atoms with van der Waals surface area (Å²) >= 11 is 0. The molecule has 0 saturated carbocycles. The predicted molar refractivity (Wildman–Crippen MR) is 104 cm³/mol. The van der Waals surface area contributed by atoms with Crippen LogP contribution in [0.25, 0.3) is 0 Å². The molecule has 0 radical (unpaired) electrons. The molecule has 7 nitrogen and oxygen atoms in total. The maximum absolute atomic E-state index is 13.2. The fraction of sp³-hybridized carbons (Fsp3) is 0.316. The van der Waals surface area contributed by atoms with Gasteiger partial charge >= 0.3 is 12.1 Å². The van der Waals surface area contributed by atoms with E-state index in [9.17, 15) is 26.4 Å². The van der Waals surface area contributed by atoms with E-state index in [2.05, 4.69) is 4.72 Å². The van der Waals surface area contributed by atoms with E-state index >= 15 is 0 Å². The van der Waals surface area contributed by atoms with Crippen LogP contribution in [-0.2, 0) is 16.2 Å². The summed E-state index contributed by atoms with van der Waals surface area (Å²) in [6.07, 6.45) is -2.99. The summed E-state index contributed by atoms with van der Waals surface area (Å²) in [5, 5.41) is 9.15. The molecule has 0 bridgehead atoms. The van der Waals surface area contributed by atoms with Gasteiger partial charge in [0.1, 0.15) is 10.6 Å². The van der Waals surface area contributed by atoms with Crippen LogP contribution in [0.15, 0.2) is 41.3 Å². The number of aromatic carboxylic acids is 1. The topological polar surface area (TPSA) is 95.9 Å². The van der Waals surface area contributed by atoms with Crippen LogP contribution in [-0.4, -0.2) is 39.7 Å². The summed E-state index contributed by atoms with van der Waals surface area (Å²) in [5.74, 6) is -1.49. The molecular formula is C19H19F3N2O5S. The van der Waals surface area contributed by atoms with E-state index in [-0.39, 0.29) is 17.0 Å². The highest BCUT2D eigenvalue weighted by atomic mass is 32.2. The SMILES string of the molecule is COc1ccc(C(=O)O)cc1S(=O)(=O)Nc1cc(C(F)(F)F)ccc1N1CCCC1. The number of ether oxygens (including phenoxy) is 1. The Kier molecular flexibility index (Phi) is 5.84. The third-order valence-electron chi connectivity index (χ3n) is 4.72. The number of carbonyl (C=O) groups is 1. The molecule has 2 N–H and O–H groups in total. The largest absolute Gasteiger partial charge is 0.495 e. The zero-order valence-electron chi connectivity index (χ0n) is 15.9. The van der Waals surface area contributed by atoms with Crippen molar-refractivity contribution in [2.24, 2.45) is 0 Å². The number of halogens is 3. The number of nitrogens with zero attached hydrogens (tertiary/aromatic N) is 1. The first-order valence-corrected chi connectivity index (χ1v) is 10.4. The van der Waals surface area contributed by atoms with Gasteiger partial charge in [0.15, 0.2) is 0 Å². The van der Waals surface area contributed by atoms with Crippen LogP contribution in [0, 0.1) is 0 Å². The van der Waals surface area contributed by atoms with Crippen molar-refractivity contribution in [1.82, 2.24) is 0 Å². The van der Waals surface area contributed by atoms with Crippen molar-refractivity contribution in [3.8, 4) is 5.75 Å². The van der Waals surface area contributed by atoms with Crippen LogP contribution in [0.3, 0.4) is 0 Å². The number of anilines is 2. The van der Waals surface area contributed by atoms with Crippen LogP contribution < -0.4 is 14.4 Å². The van der Waals surface area contributed by atoms with Gasteiger partial charge in [-0.2, -0.15) is 13.2 Å². The Bertz CT molecular complexity index is 1060. The summed E-state index contributed by atoms with van der Waals surface area (Å²) in [4.78, 5) is 12.5. The van der Waals surface area contributed by atoms with Crippen molar-refractivity contribution in [3.05, 3.63) is 47.5 Å². The van der Waals surface area contributed by atoms with Gasteiger partial charge in [0, 0.05) is 13.1 Å². The smallest absolute Gasteiger partial charge is 0.416 e. The van der Waals surface area contributed by atoms with Gasteiger partial charge in [0.2, 0.25) is 0 Å². The molecule has 0 aromatic heterocycles. The van der Waals surface area contributed by atoms with E-state index in [1.54, 1.807) is 4.90 Å². The fourth-order valence-electron chi connectivity index (χ4n) is 3.25. The van der Waals surface area contributed by atoms with Crippen LogP contribution in [0.2, 0.25) is 0 Å². The predicted octanol–water partition coefficient (Wildman–Crippen LogP) is 3.81. The second-order valence-corrected chi connectivity index (χ2v) is 8.35. The first-order valence-electron chi connectivity index (χ1n) is 8.93. The third kappa shape index (κ3) is 4.45. The highest BCUT2D eigenvalue weighted by Crippen LogP contribution is 2.38. The molecule has 2 aromatic carbocycles. The zero-order valence-corrected chi connectivity index (χ0v) is 16.7. The molecule has 0 unspecified atom stereocenters. The lowest BCUT2D eigenvalue weighted by Crippen LogP contribution is -2.22. The lowest BCUT2D eigenvalue weighted by molar-refractivity contribution is -0.137. The molecule has 30 heavy (non-hydrogen) atoms. The molecular weight excluding hydrogens is 425 g/mol. The quantitative estimate of drug-likeness (QED) is 0.704. The highest BCUT2D eigenvalue weighted by Gasteiger charge is 2.33. The summed E-state index contributed by atoms with van der Waals surface area (Å²) in [7, 11) is -3.26. The van der Waals surface area contributed by atoms with Gasteiger partial charge in [0.25, 0.3) is 10.0 Å². The number of nitrogens with one attached hydrogen (secondary N) is 1. The number of carboxylic acid groups (broad SMARTS) is 1. The molecule has 2 aromatic rings. The number of methoxy groups -OCH3 is 1. The summed E-state index contributed by atoms with van der Waals surface area (Å²) in [5.41, 5.74) is -1.23. The molecule has 1 aliphatic heterocycles. The van der Waals surface area contributed by atoms with E-state index in [4.69, 9.17) is 9.84 Å². The molecule has 11 heteroatoms. The summed E-state index contributed by atoms with van der Waals surface area (Å²) in [6.45, 7) is 1.16. The van der Waals surface area contributed by atoms with E-state index < -0.39 is 32.6 Å². The van der Waals surface area contributed by atoms with E-state index in [0.29, 0.717) is 18.8 Å². The third-order valence-corrected chi connectivity index (χ3v) is 6.10. The van der Waals surface area contributed by atoms with Crippen LogP contribution in [0.1, 0.15) is 28.8 Å². The Morgan fingerprint density at radius 2 is 1.80 bits per heavy atom. The van der Waals surface area contributed by atoms with Gasteiger partial charge < -0.3 is 14.7 Å². The molecule has 1 heterocycles. The molecule has 3 rings (SSSR count). The monoisotopic (exact) mass is 444 g/mol. The van der Waals surface area contributed by atoms with Gasteiger partial charge in [-0.25, -0.2) is 13.2 Å². The van der Waals surface area contributed by atoms with E-state index in [1.165, 1.54) is 25.3 Å². The number of alkyl halides is 3. The highest BCUT2D eigenvalue weighted by molar-refractivity contribution is 7.92. The zero-order chi connectivity index (χ0) is 22.1. The number of carboxylic acids is 1. The van der Waals surface area contributed by atoms with Crippen LogP contribution >= 0.6 is 0 Å². The number of hydrogen-bond donors (Lipinski definition) is 2. The molecule has 1 aliphatic rings. The maximum atomic E-state index is 13.2. The second-order valence-electron chi connectivity index (χ2n) is 6.70. The van der Waals surface area contributed by atoms with Gasteiger partial charge in [-0.15, -0.1) is 0 Å². The Labute approximate surface area is 171 Å². The van der Waals surface area contributed by atoms with Crippen molar-refractivity contribution < 1.29 is 36.2 Å². The van der Waals surface area contributed by atoms with Crippen molar-refractivity contribution in [2.45, 2.75) is 23.9 Å². The summed E-state index contributed by atoms with van der Waals surface area (Å²) < 4.78 is 72.9. The van der Waals surface area contributed by atoms with Crippen molar-refractivity contribution in [3.63, 3.8) is 0 Å². The first-order chi connectivity index (χ1) is 14.0. The van der Waals surface area contributed by atoms with Gasteiger partial charge in [-0.3, -0.25) is 4.72 Å². The second kappa shape index (κ2) is 8.05. The fourth-order valence-corrected chi connectivity index (χ4v) is 4.51. The molecule has 1 fully saturated rings. The molecule has 1 saturated heterocycles. The van der Waals surface area contributed by atoms with E-state index in [1.807, 2.05) is 0 Å². The molecule has 0 atom stereocenters. The van der Waals surface area contributed by atoms with Crippen molar-refractivity contribution >= 4 is 27.4 Å². The Morgan fingerprint density at radius 3 is 2.37 bits per heavy atom. The average molecular weight is 444 g/mol. The van der Waals surface area contributed by atoms with Crippen molar-refractivity contribution in [1.29, 1.82) is 0 Å². The lowest BCUT2D eigenvalue weighted by Gasteiger charge is -2.23. The molecule has 0 aliphatic carbocycles. The number of sulfonamides is 1. The lowest BCUT2D eigenvalue weighted by atomic mass is 10.1. The van der Waals surface area contributed by atoms with Gasteiger partial charge in [0.05, 0.1) is 29.6 Å². The number of rotatable bonds is 6. The Morgan fingerprint density at radius 1 is 1.13 bits per heavy atom. The molecule has 0 spiro atoms. The van der Waals surface area contributed by atoms with Crippen molar-refractivity contribution in [2.75, 3.05) is 29.8 Å². The molecule has 162 valence electrons. The normalized spacial score (nSPS) is 14.6. The van der Waals surface area contributed by atoms with Crippen LogP contribution in [0.4, 0.5) is 24.5 Å².